The summed E-state index contributed by atoms with van der Waals surface area (Å²) in [6, 6.07) is 0.0813. The van der Waals surface area contributed by atoms with Crippen molar-refractivity contribution < 1.29 is 39.2 Å². The third kappa shape index (κ3) is 4.64. The molecule has 0 heterocycles. The summed E-state index contributed by atoms with van der Waals surface area (Å²) in [6.45, 7) is 4.01. The number of primary amides is 1. The zero-order valence-electron chi connectivity index (χ0n) is 23.6. The van der Waals surface area contributed by atoms with Gasteiger partial charge in [0.2, 0.25) is 5.78 Å². The predicted molar refractivity (Wildman–Crippen MR) is 147 cm³/mol. The Morgan fingerprint density at radius 2 is 1.88 bits per heavy atom. The summed E-state index contributed by atoms with van der Waals surface area (Å²) in [5, 5.41) is 44.8. The number of aliphatic hydroxyl groups is 3. The SMILES string of the molecule is CCCCN(Cc1cc(O)c2c(c1F)C[C@H]1C[C@H]3[C@H](N(C)C)C(=O)C(C(N)=O)=C(O)[C@@]3(O)C(=O)C1=C2O)CC1CC1. The molecule has 0 aromatic heterocycles. The molecule has 4 atom stereocenters. The van der Waals surface area contributed by atoms with Gasteiger partial charge in [0.15, 0.2) is 11.4 Å². The summed E-state index contributed by atoms with van der Waals surface area (Å²) in [5.41, 5.74) is 1.58. The minimum Gasteiger partial charge on any atom is -0.508 e. The normalized spacial score (nSPS) is 27.8. The highest BCUT2D eigenvalue weighted by Crippen LogP contribution is 2.53. The van der Waals surface area contributed by atoms with Crippen LogP contribution in [0.3, 0.4) is 0 Å². The van der Waals surface area contributed by atoms with E-state index in [9.17, 15) is 34.8 Å². The Hall–Kier alpha value is -3.28. The maximum Gasteiger partial charge on any atom is 0.255 e. The molecule has 10 nitrogen and oxygen atoms in total. The highest BCUT2D eigenvalue weighted by molar-refractivity contribution is 6.24. The number of aliphatic hydroxyl groups excluding tert-OH is 2. The lowest BCUT2D eigenvalue weighted by molar-refractivity contribution is -0.153. The lowest BCUT2D eigenvalue weighted by Crippen LogP contribution is -2.65. The molecule has 222 valence electrons. The lowest BCUT2D eigenvalue weighted by atomic mass is 9.57. The van der Waals surface area contributed by atoms with Crippen LogP contribution < -0.4 is 5.73 Å². The van der Waals surface area contributed by atoms with Crippen molar-refractivity contribution in [3.05, 3.63) is 45.5 Å². The number of hydrogen-bond donors (Lipinski definition) is 5. The van der Waals surface area contributed by atoms with E-state index in [1.807, 2.05) is 0 Å². The molecule has 2 fully saturated rings. The van der Waals surface area contributed by atoms with Crippen molar-refractivity contribution in [2.24, 2.45) is 23.5 Å². The van der Waals surface area contributed by atoms with Gasteiger partial charge in [0.05, 0.1) is 11.6 Å². The fourth-order valence-electron chi connectivity index (χ4n) is 6.99. The number of fused-ring (bicyclic) bond motifs is 3. The van der Waals surface area contributed by atoms with Crippen molar-refractivity contribution in [1.82, 2.24) is 9.80 Å². The number of Topliss-reactive ketones (excluding diaryl/α,β-unsaturated/α-hetero) is 2. The Morgan fingerprint density at radius 1 is 1.20 bits per heavy atom. The van der Waals surface area contributed by atoms with E-state index < -0.39 is 69.6 Å². The van der Waals surface area contributed by atoms with Crippen LogP contribution in [-0.2, 0) is 27.3 Å². The van der Waals surface area contributed by atoms with Gasteiger partial charge < -0.3 is 26.2 Å². The molecule has 0 aliphatic heterocycles. The van der Waals surface area contributed by atoms with Gasteiger partial charge in [-0.15, -0.1) is 0 Å². The van der Waals surface area contributed by atoms with Gasteiger partial charge in [-0.05, 0) is 70.6 Å². The Morgan fingerprint density at radius 3 is 2.46 bits per heavy atom. The maximum atomic E-state index is 16.1. The number of nitrogens with two attached hydrogens (primary N) is 1. The minimum atomic E-state index is -2.72. The molecule has 4 aliphatic carbocycles. The van der Waals surface area contributed by atoms with Crippen LogP contribution in [0, 0.1) is 23.6 Å². The number of phenolic OH excluding ortho intramolecular Hbond substituents is 1. The number of phenols is 1. The van der Waals surface area contributed by atoms with Crippen molar-refractivity contribution >= 4 is 23.2 Å². The number of nitrogens with zero attached hydrogens (tertiary/aromatic N) is 2. The molecule has 1 amide bonds. The minimum absolute atomic E-state index is 0.0625. The number of rotatable bonds is 9. The van der Waals surface area contributed by atoms with Gasteiger partial charge in [-0.3, -0.25) is 24.2 Å². The standard InChI is InChI=1S/C30H38FN3O7/c1-4-5-8-34(12-14-6-7-14)13-16-11-19(35)21-17(23(16)31)9-15-10-18-24(33(2)3)26(37)22(29(32)40)28(39)30(18,41)27(38)20(15)25(21)36/h11,14-15,18,24,35-36,39,41H,4-10,12-13H2,1-3H3,(H2,32,40)/t15-,18-,24-,30-/m0/s1. The molecule has 11 heteroatoms. The van der Waals surface area contributed by atoms with E-state index in [4.69, 9.17) is 5.73 Å². The zero-order chi connectivity index (χ0) is 30.0. The maximum absolute atomic E-state index is 16.1. The van der Waals surface area contributed by atoms with Crippen LogP contribution in [0.2, 0.25) is 0 Å². The molecule has 5 rings (SSSR count). The van der Waals surface area contributed by atoms with Crippen molar-refractivity contribution in [2.45, 2.75) is 63.6 Å². The van der Waals surface area contributed by atoms with E-state index in [-0.39, 0.29) is 36.1 Å². The first kappa shape index (κ1) is 29.2. The van der Waals surface area contributed by atoms with Crippen molar-refractivity contribution in [1.29, 1.82) is 0 Å². The molecule has 4 aliphatic rings. The summed E-state index contributed by atoms with van der Waals surface area (Å²) in [5.74, 6) is -7.48. The molecule has 1 aromatic rings. The van der Waals surface area contributed by atoms with E-state index in [1.54, 1.807) is 0 Å². The summed E-state index contributed by atoms with van der Waals surface area (Å²) >= 11 is 0. The van der Waals surface area contributed by atoms with Crippen LogP contribution in [0.5, 0.6) is 5.75 Å². The third-order valence-electron chi connectivity index (χ3n) is 9.16. The van der Waals surface area contributed by atoms with Gasteiger partial charge >= 0.3 is 0 Å². The van der Waals surface area contributed by atoms with Crippen LogP contribution in [0.15, 0.2) is 23.0 Å². The number of likely N-dealkylation sites (N-methyl/N-ethyl adjacent to an activating group) is 1. The first-order valence-corrected chi connectivity index (χ1v) is 14.2. The zero-order valence-corrected chi connectivity index (χ0v) is 23.6. The first-order chi connectivity index (χ1) is 19.3. The highest BCUT2D eigenvalue weighted by atomic mass is 19.1. The number of carbonyl (C=O) groups is 3. The number of benzene rings is 1. The second-order valence-electron chi connectivity index (χ2n) is 12.2. The molecule has 0 saturated heterocycles. The fraction of sp³-hybridized carbons (Fsp3) is 0.567. The van der Waals surface area contributed by atoms with Crippen LogP contribution in [0.4, 0.5) is 4.39 Å². The van der Waals surface area contributed by atoms with E-state index in [2.05, 4.69) is 11.8 Å². The molecule has 1 aromatic carbocycles. The predicted octanol–water partition coefficient (Wildman–Crippen LogP) is 2.12. The molecular formula is C30H38FN3O7. The molecule has 2 saturated carbocycles. The summed E-state index contributed by atoms with van der Waals surface area (Å²) in [7, 11) is 3.06. The largest absolute Gasteiger partial charge is 0.508 e. The van der Waals surface area contributed by atoms with Gasteiger partial charge in [0.1, 0.15) is 28.7 Å². The topological polar surface area (TPSA) is 165 Å². The number of amides is 1. The number of halogens is 1. The molecular weight excluding hydrogens is 533 g/mol. The molecule has 6 N–H and O–H groups in total. The smallest absolute Gasteiger partial charge is 0.255 e. The number of carbonyl (C=O) groups excluding carboxylic acids is 3. The molecule has 0 spiro atoms. The Balaban J connectivity index is 1.59. The monoisotopic (exact) mass is 571 g/mol. The fourth-order valence-corrected chi connectivity index (χ4v) is 6.99. The van der Waals surface area contributed by atoms with Crippen LogP contribution in [-0.4, -0.2) is 86.5 Å². The number of unbranched alkanes of at least 4 members (excludes halogenated alkanes) is 1. The number of aromatic hydroxyl groups is 1. The highest BCUT2D eigenvalue weighted by Gasteiger charge is 2.64. The van der Waals surface area contributed by atoms with Gasteiger partial charge in [-0.25, -0.2) is 4.39 Å². The average molecular weight is 572 g/mol. The van der Waals surface area contributed by atoms with Gasteiger partial charge in [0.25, 0.3) is 5.91 Å². The molecule has 41 heavy (non-hydrogen) atoms. The second-order valence-corrected chi connectivity index (χ2v) is 12.2. The number of ketones is 2. The molecule has 0 radical (unpaired) electrons. The number of hydrogen-bond acceptors (Lipinski definition) is 9. The van der Waals surface area contributed by atoms with Crippen LogP contribution in [0.1, 0.15) is 55.7 Å². The van der Waals surface area contributed by atoms with Gasteiger partial charge in [0, 0.05) is 35.7 Å². The van der Waals surface area contributed by atoms with Crippen molar-refractivity contribution in [3.8, 4) is 5.75 Å². The van der Waals surface area contributed by atoms with E-state index >= 15 is 4.39 Å². The van der Waals surface area contributed by atoms with Gasteiger partial charge in [-0.2, -0.15) is 0 Å². The third-order valence-corrected chi connectivity index (χ3v) is 9.16. The Labute approximate surface area is 237 Å². The molecule has 0 unspecified atom stereocenters. The Bertz CT molecular complexity index is 1380. The summed E-state index contributed by atoms with van der Waals surface area (Å²) in [6.07, 6.45) is 4.09. The summed E-state index contributed by atoms with van der Waals surface area (Å²) < 4.78 is 16.1. The van der Waals surface area contributed by atoms with Crippen molar-refractivity contribution in [2.75, 3.05) is 27.2 Å². The average Bonchev–Trinajstić information content (AvgIpc) is 3.71. The van der Waals surface area contributed by atoms with Crippen LogP contribution in [0.25, 0.3) is 5.76 Å². The molecule has 0 bridgehead atoms. The van der Waals surface area contributed by atoms with Crippen molar-refractivity contribution in [3.63, 3.8) is 0 Å². The van der Waals surface area contributed by atoms with Gasteiger partial charge in [-0.1, -0.05) is 13.3 Å². The van der Waals surface area contributed by atoms with Crippen LogP contribution >= 0.6 is 0 Å². The van der Waals surface area contributed by atoms with E-state index in [0.29, 0.717) is 11.5 Å². The summed E-state index contributed by atoms with van der Waals surface area (Å²) in [4.78, 5) is 42.8. The first-order valence-electron chi connectivity index (χ1n) is 14.2. The second kappa shape index (κ2) is 10.5. The lowest BCUT2D eigenvalue weighted by Gasteiger charge is -2.50. The van der Waals surface area contributed by atoms with E-state index in [1.165, 1.54) is 25.1 Å². The Kier molecular flexibility index (Phi) is 7.50. The van der Waals surface area contributed by atoms with E-state index in [0.717, 1.165) is 38.8 Å². The quantitative estimate of drug-likeness (QED) is 0.279.